The van der Waals surface area contributed by atoms with Crippen LogP contribution in [0.3, 0.4) is 0 Å². The third-order valence-electron chi connectivity index (χ3n) is 3.08. The van der Waals surface area contributed by atoms with Gasteiger partial charge in [0.2, 0.25) is 0 Å². The summed E-state index contributed by atoms with van der Waals surface area (Å²) in [5, 5.41) is 11.9. The quantitative estimate of drug-likeness (QED) is 0.637. The molecular weight excluding hydrogens is 295 g/mol. The lowest BCUT2D eigenvalue weighted by molar-refractivity contribution is 0.627. The number of hydrogen-bond acceptors (Lipinski definition) is 3. The molecule has 0 aliphatic heterocycles. The molecule has 0 aliphatic rings. The molecule has 0 bridgehead atoms. The van der Waals surface area contributed by atoms with Gasteiger partial charge in [-0.1, -0.05) is 42.5 Å². The van der Waals surface area contributed by atoms with Crippen molar-refractivity contribution in [2.24, 2.45) is 0 Å². The summed E-state index contributed by atoms with van der Waals surface area (Å²) in [6.45, 7) is 0. The molecule has 0 saturated heterocycles. The minimum Gasteiger partial charge on any atom is -0.235 e. The van der Waals surface area contributed by atoms with Crippen LogP contribution in [0.25, 0.3) is 22.9 Å². The maximum Gasteiger partial charge on any atom is 0.134 e. The average Bonchev–Trinajstić information content (AvgIpc) is 3.03. The van der Waals surface area contributed by atoms with Crippen LogP contribution in [0.2, 0.25) is 0 Å². The number of hydrogen-bond donors (Lipinski definition) is 0. The second-order valence-corrected chi connectivity index (χ2v) is 5.49. The highest BCUT2D eigenvalue weighted by atomic mass is 32.1. The summed E-state index contributed by atoms with van der Waals surface area (Å²) in [4.78, 5) is 4.50. The molecule has 3 aromatic rings. The van der Waals surface area contributed by atoms with Crippen LogP contribution in [0.1, 0.15) is 10.6 Å². The van der Waals surface area contributed by atoms with Crippen LogP contribution in [0.15, 0.2) is 60.0 Å². The third kappa shape index (κ3) is 3.11. The molecule has 1 aromatic heterocycles. The Morgan fingerprint density at radius 2 is 1.95 bits per heavy atom. The molecule has 2 aromatic carbocycles. The Kier molecular flexibility index (Phi) is 4.08. The first-order chi connectivity index (χ1) is 10.8. The molecule has 0 unspecified atom stereocenters. The van der Waals surface area contributed by atoms with E-state index in [9.17, 15) is 9.65 Å². The molecule has 0 atom stereocenters. The van der Waals surface area contributed by atoms with Gasteiger partial charge < -0.3 is 0 Å². The number of nitrogens with zero attached hydrogens (tertiary/aromatic N) is 2. The Labute approximate surface area is 131 Å². The Hall–Kier alpha value is -2.77. The number of benzene rings is 2. The predicted molar refractivity (Wildman–Crippen MR) is 87.4 cm³/mol. The van der Waals surface area contributed by atoms with Crippen LogP contribution in [0, 0.1) is 17.1 Å². The Balaban J connectivity index is 1.96. The molecule has 22 heavy (non-hydrogen) atoms. The molecule has 0 spiro atoms. The van der Waals surface area contributed by atoms with Crippen LogP contribution in [0.5, 0.6) is 0 Å². The van der Waals surface area contributed by atoms with Gasteiger partial charge in [0, 0.05) is 10.9 Å². The summed E-state index contributed by atoms with van der Waals surface area (Å²) >= 11 is 1.40. The molecule has 2 nitrogen and oxygen atoms in total. The van der Waals surface area contributed by atoms with Gasteiger partial charge in [0.25, 0.3) is 0 Å². The van der Waals surface area contributed by atoms with Crippen molar-refractivity contribution in [1.29, 1.82) is 5.26 Å². The summed E-state index contributed by atoms with van der Waals surface area (Å²) in [6.07, 6.45) is 1.65. The summed E-state index contributed by atoms with van der Waals surface area (Å²) in [7, 11) is 0. The van der Waals surface area contributed by atoms with Gasteiger partial charge in [0.05, 0.1) is 11.3 Å². The fourth-order valence-corrected chi connectivity index (χ4v) is 2.84. The summed E-state index contributed by atoms with van der Waals surface area (Å²) in [5.74, 6) is -0.324. The molecule has 1 heterocycles. The fourth-order valence-electron chi connectivity index (χ4n) is 2.04. The van der Waals surface area contributed by atoms with Crippen molar-refractivity contribution in [2.45, 2.75) is 0 Å². The van der Waals surface area contributed by atoms with E-state index in [1.165, 1.54) is 23.5 Å². The Morgan fingerprint density at radius 1 is 1.14 bits per heavy atom. The zero-order valence-corrected chi connectivity index (χ0v) is 12.3. The first-order valence-corrected chi connectivity index (χ1v) is 7.53. The molecular formula is C18H11FN2S. The van der Waals surface area contributed by atoms with E-state index in [1.807, 2.05) is 35.7 Å². The van der Waals surface area contributed by atoms with Gasteiger partial charge in [0.1, 0.15) is 16.9 Å². The summed E-state index contributed by atoms with van der Waals surface area (Å²) < 4.78 is 13.2. The van der Waals surface area contributed by atoms with Gasteiger partial charge in [-0.15, -0.1) is 11.3 Å². The first kappa shape index (κ1) is 14.2. The largest absolute Gasteiger partial charge is 0.235 e. The van der Waals surface area contributed by atoms with E-state index in [4.69, 9.17) is 0 Å². The van der Waals surface area contributed by atoms with Gasteiger partial charge in [-0.05, 0) is 23.8 Å². The zero-order chi connectivity index (χ0) is 15.4. The van der Waals surface area contributed by atoms with Crippen LogP contribution in [-0.4, -0.2) is 4.98 Å². The van der Waals surface area contributed by atoms with Crippen molar-refractivity contribution in [3.05, 3.63) is 76.4 Å². The summed E-state index contributed by atoms with van der Waals surface area (Å²) in [6, 6.07) is 18.1. The molecule has 4 heteroatoms. The van der Waals surface area contributed by atoms with Crippen molar-refractivity contribution < 1.29 is 4.39 Å². The van der Waals surface area contributed by atoms with Gasteiger partial charge in [-0.3, -0.25) is 0 Å². The van der Waals surface area contributed by atoms with E-state index >= 15 is 0 Å². The Morgan fingerprint density at radius 3 is 2.68 bits per heavy atom. The number of allylic oxidation sites excluding steroid dienone is 1. The molecule has 0 amide bonds. The highest BCUT2D eigenvalue weighted by Crippen LogP contribution is 2.27. The number of rotatable bonds is 3. The third-order valence-corrected chi connectivity index (χ3v) is 3.96. The van der Waals surface area contributed by atoms with Crippen molar-refractivity contribution in [2.75, 3.05) is 0 Å². The minimum absolute atomic E-state index is 0.324. The van der Waals surface area contributed by atoms with E-state index < -0.39 is 0 Å². The van der Waals surface area contributed by atoms with E-state index in [-0.39, 0.29) is 5.82 Å². The van der Waals surface area contributed by atoms with E-state index in [0.717, 1.165) is 11.3 Å². The monoisotopic (exact) mass is 306 g/mol. The normalized spacial score (nSPS) is 11.2. The topological polar surface area (TPSA) is 36.7 Å². The number of halogens is 1. The van der Waals surface area contributed by atoms with Crippen molar-refractivity contribution in [3.8, 4) is 17.3 Å². The first-order valence-electron chi connectivity index (χ1n) is 6.65. The van der Waals surface area contributed by atoms with Crippen LogP contribution >= 0.6 is 11.3 Å². The lowest BCUT2D eigenvalue weighted by atomic mass is 10.1. The van der Waals surface area contributed by atoms with Crippen molar-refractivity contribution in [1.82, 2.24) is 4.98 Å². The molecule has 0 N–H and O–H groups in total. The maximum atomic E-state index is 13.2. The highest BCUT2D eigenvalue weighted by Gasteiger charge is 2.09. The van der Waals surface area contributed by atoms with Gasteiger partial charge in [0.15, 0.2) is 0 Å². The fraction of sp³-hybridized carbons (Fsp3) is 0. The highest BCUT2D eigenvalue weighted by molar-refractivity contribution is 7.11. The lowest BCUT2D eigenvalue weighted by Crippen LogP contribution is -1.83. The average molecular weight is 306 g/mol. The zero-order valence-electron chi connectivity index (χ0n) is 11.5. The molecule has 106 valence electrons. The number of aromatic nitrogens is 1. The molecule has 0 radical (unpaired) electrons. The number of thiazole rings is 1. The lowest BCUT2D eigenvalue weighted by Gasteiger charge is -1.97. The second kappa shape index (κ2) is 6.33. The SMILES string of the molecule is N#C/C(=C\c1cccc(F)c1)c1nc(-c2ccccc2)cs1. The Bertz CT molecular complexity index is 860. The van der Waals surface area contributed by atoms with E-state index in [2.05, 4.69) is 11.1 Å². The van der Waals surface area contributed by atoms with Crippen molar-refractivity contribution >= 4 is 23.0 Å². The molecule has 0 aliphatic carbocycles. The number of nitriles is 1. The van der Waals surface area contributed by atoms with Crippen LogP contribution in [-0.2, 0) is 0 Å². The van der Waals surface area contributed by atoms with Crippen molar-refractivity contribution in [3.63, 3.8) is 0 Å². The van der Waals surface area contributed by atoms with Gasteiger partial charge in [-0.25, -0.2) is 9.37 Å². The second-order valence-electron chi connectivity index (χ2n) is 4.63. The molecule has 0 saturated carbocycles. The predicted octanol–water partition coefficient (Wildman–Crippen LogP) is 5.01. The van der Waals surface area contributed by atoms with Crippen LogP contribution < -0.4 is 0 Å². The van der Waals surface area contributed by atoms with Gasteiger partial charge >= 0.3 is 0 Å². The van der Waals surface area contributed by atoms with Crippen LogP contribution in [0.4, 0.5) is 4.39 Å². The van der Waals surface area contributed by atoms with E-state index in [0.29, 0.717) is 16.1 Å². The maximum absolute atomic E-state index is 13.2. The standard InChI is InChI=1S/C18H11FN2S/c19-16-8-4-5-13(10-16)9-15(11-20)18-21-17(12-22-18)14-6-2-1-3-7-14/h1-10,12H/b15-9+. The molecule has 0 fully saturated rings. The minimum atomic E-state index is -0.324. The summed E-state index contributed by atoms with van der Waals surface area (Å²) in [5.41, 5.74) is 2.92. The smallest absolute Gasteiger partial charge is 0.134 e. The van der Waals surface area contributed by atoms with Gasteiger partial charge in [-0.2, -0.15) is 5.26 Å². The molecule has 3 rings (SSSR count). The van der Waals surface area contributed by atoms with E-state index in [1.54, 1.807) is 18.2 Å².